The first-order valence-corrected chi connectivity index (χ1v) is 11.2. The number of carbonyl (C=O) groups excluding carboxylic acids is 1. The number of nitrogens with zero attached hydrogens (tertiary/aromatic N) is 2. The number of rotatable bonds is 5. The van der Waals surface area contributed by atoms with Crippen molar-refractivity contribution in [1.29, 1.82) is 0 Å². The third-order valence-corrected chi connectivity index (χ3v) is 7.16. The highest BCUT2D eigenvalue weighted by molar-refractivity contribution is 7.92. The van der Waals surface area contributed by atoms with E-state index in [9.17, 15) is 13.2 Å². The number of methoxy groups -OCH3 is 1. The number of hydrogen-bond acceptors (Lipinski definition) is 5. The van der Waals surface area contributed by atoms with Gasteiger partial charge in [-0.2, -0.15) is 4.99 Å². The van der Waals surface area contributed by atoms with Crippen LogP contribution in [0.4, 0.5) is 0 Å². The molecule has 0 spiro atoms. The first-order valence-electron chi connectivity index (χ1n) is 8.73. The minimum Gasteiger partial charge on any atom is -0.497 e. The molecule has 0 radical (unpaired) electrons. The van der Waals surface area contributed by atoms with Gasteiger partial charge in [0.05, 0.1) is 28.8 Å². The van der Waals surface area contributed by atoms with Crippen molar-refractivity contribution in [3.8, 4) is 18.1 Å². The Morgan fingerprint density at radius 3 is 2.48 bits per heavy atom. The van der Waals surface area contributed by atoms with Gasteiger partial charge >= 0.3 is 0 Å². The van der Waals surface area contributed by atoms with E-state index in [1.807, 2.05) is 26.0 Å². The summed E-state index contributed by atoms with van der Waals surface area (Å²) in [7, 11) is -2.33. The maximum absolute atomic E-state index is 12.5. The molecule has 1 aromatic heterocycles. The first-order chi connectivity index (χ1) is 13.7. The number of amides is 1. The van der Waals surface area contributed by atoms with E-state index < -0.39 is 21.5 Å². The Labute approximate surface area is 173 Å². The Bertz CT molecular complexity index is 1290. The van der Waals surface area contributed by atoms with E-state index in [0.717, 1.165) is 21.3 Å². The summed E-state index contributed by atoms with van der Waals surface area (Å²) in [6, 6.07) is 9.89. The van der Waals surface area contributed by atoms with E-state index in [0.29, 0.717) is 10.6 Å². The van der Waals surface area contributed by atoms with Gasteiger partial charge in [0.15, 0.2) is 14.6 Å². The molecule has 29 heavy (non-hydrogen) atoms. The van der Waals surface area contributed by atoms with Gasteiger partial charge in [-0.3, -0.25) is 4.79 Å². The van der Waals surface area contributed by atoms with Gasteiger partial charge in [-0.15, -0.1) is 6.42 Å². The van der Waals surface area contributed by atoms with E-state index in [-0.39, 0.29) is 11.4 Å². The maximum Gasteiger partial charge on any atom is 0.263 e. The zero-order valence-electron chi connectivity index (χ0n) is 16.3. The Morgan fingerprint density at radius 1 is 1.21 bits per heavy atom. The second kappa shape index (κ2) is 8.23. The summed E-state index contributed by atoms with van der Waals surface area (Å²) in [6.07, 6.45) is 5.48. The largest absolute Gasteiger partial charge is 0.497 e. The standard InChI is InChI=1S/C21H20N2O4S2/c1-5-10-23-18-11-14(2)15(3)12-19(18)28-21(23)22-20(24)13-29(25,26)17-8-6-16(27-4)7-9-17/h1,6-9,11-12H,10,13H2,2-4H3. The van der Waals surface area contributed by atoms with Gasteiger partial charge in [0.2, 0.25) is 0 Å². The molecule has 3 rings (SSSR count). The Hall–Kier alpha value is -2.89. The lowest BCUT2D eigenvalue weighted by atomic mass is 10.1. The molecule has 0 aliphatic rings. The van der Waals surface area contributed by atoms with Crippen molar-refractivity contribution < 1.29 is 17.9 Å². The smallest absolute Gasteiger partial charge is 0.263 e. The van der Waals surface area contributed by atoms with Gasteiger partial charge in [0, 0.05) is 0 Å². The molecule has 0 saturated heterocycles. The van der Waals surface area contributed by atoms with Crippen molar-refractivity contribution >= 4 is 37.3 Å². The molecular weight excluding hydrogens is 408 g/mol. The van der Waals surface area contributed by atoms with Crippen LogP contribution in [0.3, 0.4) is 0 Å². The number of benzene rings is 2. The summed E-state index contributed by atoms with van der Waals surface area (Å²) in [5.74, 6) is 1.63. The molecule has 1 amide bonds. The molecule has 0 aliphatic heterocycles. The lowest BCUT2D eigenvalue weighted by Gasteiger charge is -2.04. The summed E-state index contributed by atoms with van der Waals surface area (Å²) in [6.45, 7) is 4.24. The number of fused-ring (bicyclic) bond motifs is 1. The summed E-state index contributed by atoms with van der Waals surface area (Å²) in [4.78, 5) is 17.0. The quantitative estimate of drug-likeness (QED) is 0.586. The van der Waals surface area contributed by atoms with Crippen LogP contribution < -0.4 is 9.54 Å². The molecule has 0 fully saturated rings. The highest BCUT2D eigenvalue weighted by Gasteiger charge is 2.20. The molecule has 0 aliphatic carbocycles. The molecule has 0 saturated carbocycles. The van der Waals surface area contributed by atoms with E-state index in [1.165, 1.54) is 42.7 Å². The van der Waals surface area contributed by atoms with Crippen LogP contribution in [0.25, 0.3) is 10.2 Å². The first kappa shape index (κ1) is 20.8. The molecule has 2 aromatic carbocycles. The molecule has 8 heteroatoms. The van der Waals surface area contributed by atoms with Crippen LogP contribution >= 0.6 is 11.3 Å². The van der Waals surface area contributed by atoms with Gasteiger partial charge in [0.25, 0.3) is 5.91 Å². The molecule has 0 bridgehead atoms. The van der Waals surface area contributed by atoms with Gasteiger partial charge < -0.3 is 9.30 Å². The number of ether oxygens (including phenoxy) is 1. The number of sulfone groups is 1. The molecule has 6 nitrogen and oxygen atoms in total. The molecule has 1 heterocycles. The zero-order valence-corrected chi connectivity index (χ0v) is 17.9. The van der Waals surface area contributed by atoms with Gasteiger partial charge in [0.1, 0.15) is 11.5 Å². The summed E-state index contributed by atoms with van der Waals surface area (Å²) < 4.78 is 32.8. The van der Waals surface area contributed by atoms with E-state index in [2.05, 4.69) is 10.9 Å². The number of hydrogen-bond donors (Lipinski definition) is 0. The Balaban J connectivity index is 1.98. The molecule has 0 unspecified atom stereocenters. The average molecular weight is 429 g/mol. The van der Waals surface area contributed by atoms with Crippen LogP contribution in [0.5, 0.6) is 5.75 Å². The minimum absolute atomic E-state index is 0.0425. The highest BCUT2D eigenvalue weighted by atomic mass is 32.2. The number of thiazole rings is 1. The third-order valence-electron chi connectivity index (χ3n) is 4.50. The van der Waals surface area contributed by atoms with Gasteiger partial charge in [-0.1, -0.05) is 17.3 Å². The Kier molecular flexibility index (Phi) is 5.91. The second-order valence-electron chi connectivity index (χ2n) is 6.52. The SMILES string of the molecule is C#CCn1c(=NC(=O)CS(=O)(=O)c2ccc(OC)cc2)sc2cc(C)c(C)cc21. The minimum atomic E-state index is -3.82. The number of carbonyl (C=O) groups is 1. The molecule has 150 valence electrons. The van der Waals surface area contributed by atoms with E-state index in [1.54, 1.807) is 4.57 Å². The zero-order chi connectivity index (χ0) is 21.2. The topological polar surface area (TPSA) is 77.7 Å². The molecule has 0 atom stereocenters. The second-order valence-corrected chi connectivity index (χ2v) is 9.52. The lowest BCUT2D eigenvalue weighted by Crippen LogP contribution is -2.20. The predicted octanol–water partition coefficient (Wildman–Crippen LogP) is 2.86. The molecular formula is C21H20N2O4S2. The fourth-order valence-corrected chi connectivity index (χ4v) is 5.05. The molecule has 3 aromatic rings. The number of terminal acetylenes is 1. The average Bonchev–Trinajstić information content (AvgIpc) is 2.98. The van der Waals surface area contributed by atoms with Crippen molar-refractivity contribution in [2.24, 2.45) is 4.99 Å². The monoisotopic (exact) mass is 428 g/mol. The van der Waals surface area contributed by atoms with Crippen LogP contribution in [-0.2, 0) is 21.2 Å². The normalized spacial score (nSPS) is 12.1. The van der Waals surface area contributed by atoms with Gasteiger partial charge in [-0.25, -0.2) is 8.42 Å². The van der Waals surface area contributed by atoms with Crippen molar-refractivity contribution in [2.75, 3.05) is 12.9 Å². The fraction of sp³-hybridized carbons (Fsp3) is 0.238. The van der Waals surface area contributed by atoms with Crippen molar-refractivity contribution in [3.05, 3.63) is 52.3 Å². The summed E-state index contributed by atoms with van der Waals surface area (Å²) >= 11 is 1.31. The third kappa shape index (κ3) is 4.42. The lowest BCUT2D eigenvalue weighted by molar-refractivity contribution is -0.115. The van der Waals surface area contributed by atoms with E-state index >= 15 is 0 Å². The van der Waals surface area contributed by atoms with Crippen molar-refractivity contribution in [3.63, 3.8) is 0 Å². The van der Waals surface area contributed by atoms with Crippen LogP contribution in [-0.4, -0.2) is 31.8 Å². The van der Waals surface area contributed by atoms with Crippen LogP contribution in [0.1, 0.15) is 11.1 Å². The Morgan fingerprint density at radius 2 is 1.86 bits per heavy atom. The number of aromatic nitrogens is 1. The van der Waals surface area contributed by atoms with Crippen LogP contribution in [0.2, 0.25) is 0 Å². The number of aryl methyl sites for hydroxylation is 2. The summed E-state index contributed by atoms with van der Waals surface area (Å²) in [5, 5.41) is 0. The van der Waals surface area contributed by atoms with Crippen LogP contribution in [0.15, 0.2) is 46.3 Å². The highest BCUT2D eigenvalue weighted by Crippen LogP contribution is 2.22. The van der Waals surface area contributed by atoms with Gasteiger partial charge in [-0.05, 0) is 61.4 Å². The van der Waals surface area contributed by atoms with Crippen molar-refractivity contribution in [2.45, 2.75) is 25.3 Å². The van der Waals surface area contributed by atoms with Crippen LogP contribution in [0, 0.1) is 26.2 Å². The maximum atomic E-state index is 12.5. The fourth-order valence-electron chi connectivity index (χ4n) is 2.82. The van der Waals surface area contributed by atoms with E-state index in [4.69, 9.17) is 11.2 Å². The summed E-state index contributed by atoms with van der Waals surface area (Å²) in [5.41, 5.74) is 3.09. The predicted molar refractivity (Wildman–Crippen MR) is 114 cm³/mol. The molecule has 0 N–H and O–H groups in total. The van der Waals surface area contributed by atoms with Crippen molar-refractivity contribution in [1.82, 2.24) is 4.57 Å².